The molecule has 0 fully saturated rings. The Morgan fingerprint density at radius 3 is 2.24 bits per heavy atom. The first kappa shape index (κ1) is 18.5. The second-order valence-electron chi connectivity index (χ2n) is 5.09. The zero-order valence-corrected chi connectivity index (χ0v) is 17.7. The lowest BCUT2D eigenvalue weighted by Crippen LogP contribution is -1.93. The van der Waals surface area contributed by atoms with Gasteiger partial charge in [-0.25, -0.2) is 4.79 Å². The molecule has 2 aromatic rings. The maximum absolute atomic E-state index is 11.9. The molecule has 3 rings (SSSR count). The summed E-state index contributed by atoms with van der Waals surface area (Å²) in [6.07, 6.45) is 1.64. The Morgan fingerprint density at radius 2 is 1.64 bits per heavy atom. The second kappa shape index (κ2) is 7.15. The van der Waals surface area contributed by atoms with Gasteiger partial charge in [0.2, 0.25) is 0 Å². The van der Waals surface area contributed by atoms with Crippen molar-refractivity contribution in [1.29, 1.82) is 0 Å². The summed E-state index contributed by atoms with van der Waals surface area (Å²) in [6, 6.07) is 8.16. The van der Waals surface area contributed by atoms with E-state index in [4.69, 9.17) is 16.3 Å². The third-order valence-corrected chi connectivity index (χ3v) is 5.61. The van der Waals surface area contributed by atoms with Gasteiger partial charge in [-0.15, -0.1) is 0 Å². The monoisotopic (exact) mass is 548 g/mol. The maximum atomic E-state index is 11.9. The van der Waals surface area contributed by atoms with Crippen molar-refractivity contribution in [3.8, 4) is 11.5 Å². The summed E-state index contributed by atoms with van der Waals surface area (Å²) >= 11 is 15.9. The van der Waals surface area contributed by atoms with Gasteiger partial charge in [-0.3, -0.25) is 0 Å². The molecule has 0 atom stereocenters. The number of halogens is 4. The van der Waals surface area contributed by atoms with E-state index in [1.165, 1.54) is 6.07 Å². The zero-order valence-electron chi connectivity index (χ0n) is 12.2. The molecule has 0 spiro atoms. The van der Waals surface area contributed by atoms with Crippen LogP contribution in [0, 0.1) is 0 Å². The number of rotatable bonds is 2. The highest BCUT2D eigenvalue weighted by Gasteiger charge is 2.30. The van der Waals surface area contributed by atoms with Crippen molar-refractivity contribution in [1.82, 2.24) is 0 Å². The average molecular weight is 551 g/mol. The van der Waals surface area contributed by atoms with Crippen LogP contribution in [0.15, 0.2) is 54.5 Å². The number of ether oxygens (including phenoxy) is 1. The van der Waals surface area contributed by atoms with Crippen molar-refractivity contribution in [2.45, 2.75) is 0 Å². The van der Waals surface area contributed by atoms with Gasteiger partial charge in [0.05, 0.1) is 19.0 Å². The van der Waals surface area contributed by atoms with Crippen LogP contribution in [0.4, 0.5) is 0 Å². The molecule has 0 amide bonds. The molecule has 0 bridgehead atoms. The first-order chi connectivity index (χ1) is 11.8. The van der Waals surface area contributed by atoms with Gasteiger partial charge < -0.3 is 14.9 Å². The van der Waals surface area contributed by atoms with E-state index in [0.29, 0.717) is 30.1 Å². The fourth-order valence-corrected chi connectivity index (χ4v) is 4.07. The van der Waals surface area contributed by atoms with Gasteiger partial charge in [0.25, 0.3) is 0 Å². The van der Waals surface area contributed by atoms with Crippen molar-refractivity contribution in [3.05, 3.63) is 65.7 Å². The number of cyclic esters (lactones) is 1. The summed E-state index contributed by atoms with van der Waals surface area (Å²) < 4.78 is 6.67. The van der Waals surface area contributed by atoms with Crippen LogP contribution in [0.3, 0.4) is 0 Å². The number of phenols is 2. The molecule has 0 unspecified atom stereocenters. The van der Waals surface area contributed by atoms with Crippen LogP contribution in [0.2, 0.25) is 0 Å². The van der Waals surface area contributed by atoms with E-state index in [2.05, 4.69) is 47.8 Å². The summed E-state index contributed by atoms with van der Waals surface area (Å²) in [5.74, 6) is -0.234. The molecule has 1 heterocycles. The molecule has 1 aliphatic heterocycles. The topological polar surface area (TPSA) is 66.8 Å². The van der Waals surface area contributed by atoms with E-state index in [1.807, 2.05) is 0 Å². The molecule has 0 radical (unpaired) electrons. The lowest BCUT2D eigenvalue weighted by Gasteiger charge is -2.09. The Labute approximate surface area is 173 Å². The Hall–Kier alpha value is -1.28. The highest BCUT2D eigenvalue weighted by Crippen LogP contribution is 2.42. The van der Waals surface area contributed by atoms with E-state index in [-0.39, 0.29) is 22.3 Å². The smallest absolute Gasteiger partial charge is 0.355 e. The van der Waals surface area contributed by atoms with Gasteiger partial charge in [-0.1, -0.05) is 17.7 Å². The Morgan fingerprint density at radius 1 is 1.00 bits per heavy atom. The highest BCUT2D eigenvalue weighted by molar-refractivity contribution is 9.11. The van der Waals surface area contributed by atoms with E-state index >= 15 is 0 Å². The highest BCUT2D eigenvalue weighted by atomic mass is 79.9. The molecular formula is C17H8Br3ClO4. The first-order valence-electron chi connectivity index (χ1n) is 6.79. The van der Waals surface area contributed by atoms with E-state index < -0.39 is 5.97 Å². The summed E-state index contributed by atoms with van der Waals surface area (Å²) in [6.45, 7) is 0. The van der Waals surface area contributed by atoms with Crippen molar-refractivity contribution in [2.24, 2.45) is 0 Å². The number of benzene rings is 2. The lowest BCUT2D eigenvalue weighted by molar-refractivity contribution is -0.132. The quantitative estimate of drug-likeness (QED) is 0.454. The van der Waals surface area contributed by atoms with Crippen molar-refractivity contribution in [2.75, 3.05) is 0 Å². The molecule has 2 N–H and O–H groups in total. The molecule has 4 nitrogen and oxygen atoms in total. The van der Waals surface area contributed by atoms with Gasteiger partial charge in [-0.2, -0.15) is 0 Å². The first-order valence-corrected chi connectivity index (χ1v) is 9.54. The Balaban J connectivity index is 2.13. The molecule has 25 heavy (non-hydrogen) atoms. The number of allylic oxidation sites excluding steroid dienone is 1. The average Bonchev–Trinajstić information content (AvgIpc) is 2.82. The number of carbonyl (C=O) groups is 1. The number of phenolic OH excluding ortho intramolecular Hbond substituents is 2. The summed E-state index contributed by atoms with van der Waals surface area (Å²) in [4.78, 5) is 11.9. The van der Waals surface area contributed by atoms with Crippen molar-refractivity contribution < 1.29 is 19.7 Å². The van der Waals surface area contributed by atoms with Gasteiger partial charge in [0.15, 0.2) is 0 Å². The number of aromatic hydroxyl groups is 2. The molecule has 0 saturated heterocycles. The van der Waals surface area contributed by atoms with Crippen molar-refractivity contribution in [3.63, 3.8) is 0 Å². The van der Waals surface area contributed by atoms with E-state index in [9.17, 15) is 15.0 Å². The normalized spacial score (nSPS) is 15.8. The van der Waals surface area contributed by atoms with Crippen LogP contribution in [0.5, 0.6) is 11.5 Å². The maximum Gasteiger partial charge on any atom is 0.355 e. The van der Waals surface area contributed by atoms with E-state index in [1.54, 1.807) is 30.3 Å². The molecule has 0 aromatic heterocycles. The zero-order chi connectivity index (χ0) is 18.3. The summed E-state index contributed by atoms with van der Waals surface area (Å²) in [7, 11) is 0. The molecule has 2 aromatic carbocycles. The van der Waals surface area contributed by atoms with Crippen LogP contribution in [-0.2, 0) is 9.53 Å². The van der Waals surface area contributed by atoms with Crippen molar-refractivity contribution >= 4 is 77.0 Å². The number of carbonyl (C=O) groups excluding carboxylic acids is 1. The molecule has 1 aliphatic rings. The van der Waals surface area contributed by atoms with Gasteiger partial charge >= 0.3 is 5.97 Å². The molecule has 128 valence electrons. The SMILES string of the molecule is O=C1O/C(=C/c2ccc(O)c(Br)c2)C(c2cc(Br)c(O)c(Br)c2)=C1Cl. The van der Waals surface area contributed by atoms with Crippen LogP contribution >= 0.6 is 59.4 Å². The molecular weight excluding hydrogens is 543 g/mol. The predicted molar refractivity (Wildman–Crippen MR) is 106 cm³/mol. The van der Waals surface area contributed by atoms with Crippen LogP contribution in [0.1, 0.15) is 11.1 Å². The van der Waals surface area contributed by atoms with Gasteiger partial charge in [0, 0.05) is 0 Å². The number of hydrogen-bond donors (Lipinski definition) is 2. The summed E-state index contributed by atoms with van der Waals surface area (Å²) in [5.41, 5.74) is 1.71. The number of hydrogen-bond acceptors (Lipinski definition) is 4. The standard InChI is InChI=1S/C17H8Br3ClO4/c18-9-3-7(1-2-12(9)22)4-13-14(15(21)17(24)25-13)8-5-10(19)16(23)11(20)6-8/h1-6,22-23H/b13-4+. The Bertz CT molecular complexity index is 943. The molecule has 8 heteroatoms. The predicted octanol–water partition coefficient (Wildman–Crippen LogP) is 5.93. The summed E-state index contributed by atoms with van der Waals surface area (Å²) in [5, 5.41) is 19.4. The second-order valence-corrected chi connectivity index (χ2v) is 8.03. The molecule has 0 saturated carbocycles. The third-order valence-electron chi connectivity index (χ3n) is 3.42. The minimum atomic E-state index is -0.652. The van der Waals surface area contributed by atoms with Crippen LogP contribution in [-0.4, -0.2) is 16.2 Å². The third kappa shape index (κ3) is 3.65. The lowest BCUT2D eigenvalue weighted by atomic mass is 10.0. The number of esters is 1. The van der Waals surface area contributed by atoms with Crippen LogP contribution < -0.4 is 0 Å². The minimum Gasteiger partial charge on any atom is -0.507 e. The van der Waals surface area contributed by atoms with Gasteiger partial charge in [-0.05, 0) is 89.3 Å². The van der Waals surface area contributed by atoms with Gasteiger partial charge in [0.1, 0.15) is 22.3 Å². The largest absolute Gasteiger partial charge is 0.507 e. The molecule has 0 aliphatic carbocycles. The minimum absolute atomic E-state index is 0.0405. The van der Waals surface area contributed by atoms with E-state index in [0.717, 1.165) is 0 Å². The van der Waals surface area contributed by atoms with Crippen LogP contribution in [0.25, 0.3) is 11.6 Å². The fraction of sp³-hybridized carbons (Fsp3) is 0. The fourth-order valence-electron chi connectivity index (χ4n) is 2.25. The Kier molecular flexibility index (Phi) is 5.29.